The number of carbonyl (C=O) groups excluding carboxylic acids is 2. The van der Waals surface area contributed by atoms with Crippen LogP contribution in [0.1, 0.15) is 43.6 Å². The van der Waals surface area contributed by atoms with E-state index < -0.39 is 6.10 Å². The van der Waals surface area contributed by atoms with Crippen LogP contribution in [0, 0.1) is 0 Å². The molecule has 0 aromatic heterocycles. The van der Waals surface area contributed by atoms with Gasteiger partial charge in [0.25, 0.3) is 11.8 Å². The van der Waals surface area contributed by atoms with E-state index in [1.807, 2.05) is 24.3 Å². The topological polar surface area (TPSA) is 76.7 Å². The lowest BCUT2D eigenvalue weighted by Gasteiger charge is -2.19. The fraction of sp³-hybridized carbons (Fsp3) is 0.259. The maximum Gasteiger partial charge on any atom is 0.265 e. The quantitative estimate of drug-likeness (QED) is 0.492. The lowest BCUT2D eigenvalue weighted by atomic mass is 9.87. The molecule has 6 heteroatoms. The van der Waals surface area contributed by atoms with Gasteiger partial charge in [0.05, 0.1) is 7.11 Å². The number of carbonyl (C=O) groups is 2. The number of methoxy groups -OCH3 is 1. The molecule has 0 aliphatic carbocycles. The molecular formula is C27H30N2O4. The summed E-state index contributed by atoms with van der Waals surface area (Å²) in [6.07, 6.45) is -0.710. The third-order valence-corrected chi connectivity index (χ3v) is 5.14. The standard InChI is InChI=1S/C27H30N2O4/c1-18(33-24-15-13-23(32-5)14-16-24)25(30)28-21-7-6-8-22(17-21)29-26(31)19-9-11-20(12-10-19)27(2,3)4/h6-18H,1-5H3,(H,28,30)(H,29,31)/t18-/m0/s1. The molecule has 6 nitrogen and oxygen atoms in total. The molecule has 33 heavy (non-hydrogen) atoms. The smallest absolute Gasteiger partial charge is 0.265 e. The predicted octanol–water partition coefficient (Wildman–Crippen LogP) is 5.65. The van der Waals surface area contributed by atoms with Crippen molar-refractivity contribution in [2.24, 2.45) is 0 Å². The van der Waals surface area contributed by atoms with Crippen molar-refractivity contribution < 1.29 is 19.1 Å². The van der Waals surface area contributed by atoms with Crippen molar-refractivity contribution in [1.29, 1.82) is 0 Å². The van der Waals surface area contributed by atoms with Crippen molar-refractivity contribution >= 4 is 23.2 Å². The van der Waals surface area contributed by atoms with Crippen molar-refractivity contribution in [3.05, 3.63) is 83.9 Å². The van der Waals surface area contributed by atoms with Crippen molar-refractivity contribution in [1.82, 2.24) is 0 Å². The summed E-state index contributed by atoms with van der Waals surface area (Å²) in [7, 11) is 1.59. The number of ether oxygens (including phenoxy) is 2. The van der Waals surface area contributed by atoms with Crippen molar-refractivity contribution in [3.8, 4) is 11.5 Å². The molecular weight excluding hydrogens is 416 g/mol. The van der Waals surface area contributed by atoms with Gasteiger partial charge in [-0.25, -0.2) is 0 Å². The number of rotatable bonds is 7. The predicted molar refractivity (Wildman–Crippen MR) is 131 cm³/mol. The lowest BCUT2D eigenvalue weighted by molar-refractivity contribution is -0.122. The number of anilines is 2. The third-order valence-electron chi connectivity index (χ3n) is 5.14. The van der Waals surface area contributed by atoms with Crippen LogP contribution in [0.25, 0.3) is 0 Å². The SMILES string of the molecule is COc1ccc(O[C@@H](C)C(=O)Nc2cccc(NC(=O)c3ccc(C(C)(C)C)cc3)c2)cc1. The highest BCUT2D eigenvalue weighted by Crippen LogP contribution is 2.23. The minimum absolute atomic E-state index is 0.0236. The molecule has 2 amide bonds. The van der Waals surface area contributed by atoms with Gasteiger partial charge in [-0.3, -0.25) is 9.59 Å². The van der Waals surface area contributed by atoms with Crippen LogP contribution in [-0.2, 0) is 10.2 Å². The highest BCUT2D eigenvalue weighted by atomic mass is 16.5. The average molecular weight is 447 g/mol. The van der Waals surface area contributed by atoms with E-state index in [1.165, 1.54) is 0 Å². The number of hydrogen-bond donors (Lipinski definition) is 2. The Morgan fingerprint density at radius 2 is 1.39 bits per heavy atom. The average Bonchev–Trinajstić information content (AvgIpc) is 2.79. The maximum atomic E-state index is 12.6. The molecule has 2 N–H and O–H groups in total. The zero-order valence-corrected chi connectivity index (χ0v) is 19.6. The van der Waals surface area contributed by atoms with E-state index in [0.29, 0.717) is 28.4 Å². The van der Waals surface area contributed by atoms with Gasteiger partial charge in [-0.05, 0) is 72.5 Å². The first-order valence-electron chi connectivity index (χ1n) is 10.8. The summed E-state index contributed by atoms with van der Waals surface area (Å²) in [6.45, 7) is 8.06. The summed E-state index contributed by atoms with van der Waals surface area (Å²) in [6, 6.07) is 21.6. The summed E-state index contributed by atoms with van der Waals surface area (Å²) < 4.78 is 10.8. The molecule has 0 unspecified atom stereocenters. The van der Waals surface area contributed by atoms with Crippen molar-refractivity contribution in [2.75, 3.05) is 17.7 Å². The fourth-order valence-corrected chi connectivity index (χ4v) is 3.16. The summed E-state index contributed by atoms with van der Waals surface area (Å²) in [5.41, 5.74) is 2.90. The van der Waals surface area contributed by atoms with Crippen molar-refractivity contribution in [3.63, 3.8) is 0 Å². The molecule has 0 bridgehead atoms. The Morgan fingerprint density at radius 1 is 0.818 bits per heavy atom. The van der Waals surface area contributed by atoms with Crippen LogP contribution in [0.2, 0.25) is 0 Å². The van der Waals surface area contributed by atoms with Gasteiger partial charge in [0.2, 0.25) is 0 Å². The Balaban J connectivity index is 1.60. The number of benzene rings is 3. The molecule has 0 aliphatic rings. The van der Waals surface area contributed by atoms with E-state index in [2.05, 4.69) is 31.4 Å². The van der Waals surface area contributed by atoms with Crippen LogP contribution in [0.3, 0.4) is 0 Å². The highest BCUT2D eigenvalue weighted by Gasteiger charge is 2.16. The summed E-state index contributed by atoms with van der Waals surface area (Å²) in [5, 5.41) is 5.70. The van der Waals surface area contributed by atoms with Gasteiger partial charge >= 0.3 is 0 Å². The van der Waals surface area contributed by atoms with Gasteiger partial charge in [0.15, 0.2) is 6.10 Å². The minimum atomic E-state index is -0.710. The van der Waals surface area contributed by atoms with Gasteiger partial charge in [0, 0.05) is 16.9 Å². The van der Waals surface area contributed by atoms with E-state index in [-0.39, 0.29) is 17.2 Å². The number of nitrogens with one attached hydrogen (secondary N) is 2. The second kappa shape index (κ2) is 10.2. The molecule has 0 fully saturated rings. The highest BCUT2D eigenvalue weighted by molar-refractivity contribution is 6.04. The Morgan fingerprint density at radius 3 is 1.97 bits per heavy atom. The van der Waals surface area contributed by atoms with E-state index in [4.69, 9.17) is 9.47 Å². The summed E-state index contributed by atoms with van der Waals surface area (Å²) >= 11 is 0. The molecule has 0 spiro atoms. The second-order valence-corrected chi connectivity index (χ2v) is 8.79. The molecule has 172 valence electrons. The normalized spacial score (nSPS) is 11.9. The Bertz CT molecular complexity index is 1100. The van der Waals surface area contributed by atoms with Crippen LogP contribution in [0.5, 0.6) is 11.5 Å². The van der Waals surface area contributed by atoms with Gasteiger partial charge in [0.1, 0.15) is 11.5 Å². The van der Waals surface area contributed by atoms with Gasteiger partial charge < -0.3 is 20.1 Å². The molecule has 0 aliphatic heterocycles. The monoisotopic (exact) mass is 446 g/mol. The fourth-order valence-electron chi connectivity index (χ4n) is 3.16. The zero-order valence-electron chi connectivity index (χ0n) is 19.6. The molecule has 1 atom stereocenters. The lowest BCUT2D eigenvalue weighted by Crippen LogP contribution is -2.30. The summed E-state index contributed by atoms with van der Waals surface area (Å²) in [4.78, 5) is 25.2. The number of amides is 2. The zero-order chi connectivity index (χ0) is 24.0. The van der Waals surface area contributed by atoms with Crippen molar-refractivity contribution in [2.45, 2.75) is 39.2 Å². The van der Waals surface area contributed by atoms with Crippen LogP contribution >= 0.6 is 0 Å². The van der Waals surface area contributed by atoms with Gasteiger partial charge in [-0.15, -0.1) is 0 Å². The van der Waals surface area contributed by atoms with E-state index in [0.717, 1.165) is 5.56 Å². The van der Waals surface area contributed by atoms with E-state index in [9.17, 15) is 9.59 Å². The maximum absolute atomic E-state index is 12.6. The molecule has 0 saturated heterocycles. The molecule has 0 saturated carbocycles. The van der Waals surface area contributed by atoms with Gasteiger partial charge in [-0.1, -0.05) is 39.0 Å². The van der Waals surface area contributed by atoms with Crippen LogP contribution < -0.4 is 20.1 Å². The summed E-state index contributed by atoms with van der Waals surface area (Å²) in [5.74, 6) is 0.766. The van der Waals surface area contributed by atoms with Crippen LogP contribution in [-0.4, -0.2) is 25.0 Å². The number of hydrogen-bond acceptors (Lipinski definition) is 4. The first kappa shape index (κ1) is 23.9. The van der Waals surface area contributed by atoms with Gasteiger partial charge in [-0.2, -0.15) is 0 Å². The molecule has 0 radical (unpaired) electrons. The Hall–Kier alpha value is -3.80. The molecule has 0 heterocycles. The van der Waals surface area contributed by atoms with Crippen LogP contribution in [0.15, 0.2) is 72.8 Å². The van der Waals surface area contributed by atoms with E-state index >= 15 is 0 Å². The van der Waals surface area contributed by atoms with Crippen LogP contribution in [0.4, 0.5) is 11.4 Å². The first-order valence-corrected chi connectivity index (χ1v) is 10.8. The first-order chi connectivity index (χ1) is 15.7. The Kier molecular flexibility index (Phi) is 7.38. The molecule has 3 aromatic rings. The third kappa shape index (κ3) is 6.59. The minimum Gasteiger partial charge on any atom is -0.497 e. The van der Waals surface area contributed by atoms with E-state index in [1.54, 1.807) is 62.6 Å². The Labute approximate surface area is 194 Å². The second-order valence-electron chi connectivity index (χ2n) is 8.79. The largest absolute Gasteiger partial charge is 0.497 e. The molecule has 3 aromatic carbocycles. The molecule has 3 rings (SSSR count).